The minimum atomic E-state index is -4.27. The molecule has 0 aliphatic rings. The van der Waals surface area contributed by atoms with Gasteiger partial charge < -0.3 is 14.4 Å². The molecule has 2 unspecified atom stereocenters. The lowest BCUT2D eigenvalue weighted by molar-refractivity contribution is -0.161. The summed E-state index contributed by atoms with van der Waals surface area (Å²) in [4.78, 5) is 34.6. The van der Waals surface area contributed by atoms with Crippen molar-refractivity contribution in [2.45, 2.75) is 238 Å². The first-order chi connectivity index (χ1) is 29.8. The Balaban J connectivity index is 3.93. The summed E-state index contributed by atoms with van der Waals surface area (Å²) in [6, 6.07) is 0. The molecule has 0 aromatic carbocycles. The predicted molar refractivity (Wildman–Crippen MR) is 258 cm³/mol. The highest BCUT2D eigenvalue weighted by molar-refractivity contribution is 7.47. The van der Waals surface area contributed by atoms with E-state index in [1.807, 2.05) is 0 Å². The number of phosphoric acid groups is 1. The first-order valence-corrected chi connectivity index (χ1v) is 26.5. The summed E-state index contributed by atoms with van der Waals surface area (Å²) in [6.07, 6.45) is 59.9. The quantitative estimate of drug-likeness (QED) is 0.0279. The molecule has 9 heteroatoms. The second-order valence-electron chi connectivity index (χ2n) is 16.6. The minimum absolute atomic E-state index is 0.231. The molecule has 8 nitrogen and oxygen atoms in total. The standard InChI is InChI=1S/C52H93O8P/c1-4-6-8-10-12-14-16-18-20-22-24-26-28-30-32-34-36-38-40-42-44-46-51(53)58-48-50(49-59-61(55,56)57-3)60-52(54)47-45-43-41-39-37-35-33-31-29-27-25-23-21-19-17-15-13-11-9-7-5-2/h7,9,13,15,19,21-22,24-25,27,50H,4-6,8,10-12,14,16-18,20,23,26,28-49H2,1-3H3,(H,55,56)/b9-7-,15-13-,21-19-,24-22-,27-25-. The molecule has 0 spiro atoms. The van der Waals surface area contributed by atoms with E-state index in [9.17, 15) is 19.0 Å². The zero-order valence-electron chi connectivity index (χ0n) is 39.6. The van der Waals surface area contributed by atoms with Gasteiger partial charge in [-0.1, -0.05) is 203 Å². The van der Waals surface area contributed by atoms with Crippen LogP contribution in [0.25, 0.3) is 0 Å². The highest BCUT2D eigenvalue weighted by Gasteiger charge is 2.24. The van der Waals surface area contributed by atoms with Crippen LogP contribution in [0.15, 0.2) is 60.8 Å². The number of esters is 2. The van der Waals surface area contributed by atoms with Gasteiger partial charge in [0.05, 0.1) is 6.61 Å². The van der Waals surface area contributed by atoms with Gasteiger partial charge in [-0.15, -0.1) is 0 Å². The van der Waals surface area contributed by atoms with Crippen LogP contribution in [0, 0.1) is 0 Å². The van der Waals surface area contributed by atoms with Crippen molar-refractivity contribution in [1.82, 2.24) is 0 Å². The first kappa shape index (κ1) is 58.8. The third-order valence-corrected chi connectivity index (χ3v) is 11.7. The number of phosphoric ester groups is 1. The van der Waals surface area contributed by atoms with Crippen LogP contribution in [0.3, 0.4) is 0 Å². The lowest BCUT2D eigenvalue weighted by atomic mass is 10.1. The van der Waals surface area contributed by atoms with Crippen LogP contribution < -0.4 is 0 Å². The maximum absolute atomic E-state index is 12.6. The summed E-state index contributed by atoms with van der Waals surface area (Å²) in [5.74, 6) is -0.812. The van der Waals surface area contributed by atoms with Crippen LogP contribution in [-0.2, 0) is 32.7 Å². The summed E-state index contributed by atoms with van der Waals surface area (Å²) in [6.45, 7) is 3.79. The van der Waals surface area contributed by atoms with Gasteiger partial charge in [0.2, 0.25) is 0 Å². The van der Waals surface area contributed by atoms with Crippen LogP contribution in [0.2, 0.25) is 0 Å². The molecule has 0 saturated heterocycles. The number of carbonyl (C=O) groups is 2. The molecule has 0 bridgehead atoms. The van der Waals surface area contributed by atoms with E-state index in [2.05, 4.69) is 79.1 Å². The first-order valence-electron chi connectivity index (χ1n) is 25.0. The molecule has 0 radical (unpaired) electrons. The van der Waals surface area contributed by atoms with E-state index in [0.717, 1.165) is 77.7 Å². The molecule has 0 rings (SSSR count). The molecule has 61 heavy (non-hydrogen) atoms. The Hall–Kier alpha value is -2.25. The van der Waals surface area contributed by atoms with Crippen LogP contribution in [0.5, 0.6) is 0 Å². The summed E-state index contributed by atoms with van der Waals surface area (Å²) >= 11 is 0. The van der Waals surface area contributed by atoms with E-state index >= 15 is 0 Å². The molecule has 0 aliphatic carbocycles. The number of allylic oxidation sites excluding steroid dienone is 10. The Bertz CT molecular complexity index is 1180. The Kier molecular flexibility index (Phi) is 45.5. The maximum Gasteiger partial charge on any atom is 0.472 e. The van der Waals surface area contributed by atoms with E-state index in [1.165, 1.54) is 128 Å². The van der Waals surface area contributed by atoms with Gasteiger partial charge in [-0.2, -0.15) is 0 Å². The minimum Gasteiger partial charge on any atom is -0.462 e. The van der Waals surface area contributed by atoms with E-state index in [-0.39, 0.29) is 25.4 Å². The zero-order valence-corrected chi connectivity index (χ0v) is 40.5. The number of rotatable bonds is 46. The van der Waals surface area contributed by atoms with Gasteiger partial charge in [-0.3, -0.25) is 18.6 Å². The van der Waals surface area contributed by atoms with Crippen LogP contribution in [0.4, 0.5) is 0 Å². The molecule has 0 aliphatic heterocycles. The molecule has 2 atom stereocenters. The van der Waals surface area contributed by atoms with E-state index in [0.29, 0.717) is 6.42 Å². The van der Waals surface area contributed by atoms with Crippen molar-refractivity contribution < 1.29 is 37.6 Å². The Morgan fingerprint density at radius 3 is 1.26 bits per heavy atom. The Labute approximate surface area is 375 Å². The van der Waals surface area contributed by atoms with Crippen molar-refractivity contribution in [1.29, 1.82) is 0 Å². The highest BCUT2D eigenvalue weighted by Crippen LogP contribution is 2.42. The second kappa shape index (κ2) is 47.2. The topological polar surface area (TPSA) is 108 Å². The molecular weight excluding hydrogens is 784 g/mol. The van der Waals surface area contributed by atoms with Crippen LogP contribution in [0.1, 0.15) is 232 Å². The second-order valence-corrected chi connectivity index (χ2v) is 18.1. The zero-order chi connectivity index (χ0) is 44.6. The average Bonchev–Trinajstić information content (AvgIpc) is 3.25. The van der Waals surface area contributed by atoms with Crippen molar-refractivity contribution in [3.63, 3.8) is 0 Å². The predicted octanol–water partition coefficient (Wildman–Crippen LogP) is 16.3. The van der Waals surface area contributed by atoms with Crippen molar-refractivity contribution in [3.8, 4) is 0 Å². The molecular formula is C52H93O8P. The Morgan fingerprint density at radius 1 is 0.475 bits per heavy atom. The third-order valence-electron chi connectivity index (χ3n) is 10.7. The normalized spacial score (nSPS) is 13.7. The van der Waals surface area contributed by atoms with Crippen molar-refractivity contribution in [2.24, 2.45) is 0 Å². The molecule has 0 fully saturated rings. The summed E-state index contributed by atoms with van der Waals surface area (Å²) in [5.41, 5.74) is 0. The average molecular weight is 877 g/mol. The summed E-state index contributed by atoms with van der Waals surface area (Å²) in [5, 5.41) is 0. The SMILES string of the molecule is CC/C=C\C/C=C\C/C=C\C/C=C\CCCCCCCCCCC(=O)OC(COC(=O)CCCCCCCCCCC/C=C\CCCCCCCCCC)COP(=O)(O)OC. The highest BCUT2D eigenvalue weighted by atomic mass is 31.2. The van der Waals surface area contributed by atoms with Crippen molar-refractivity contribution in [2.75, 3.05) is 20.3 Å². The van der Waals surface area contributed by atoms with Gasteiger partial charge in [0.1, 0.15) is 6.61 Å². The van der Waals surface area contributed by atoms with Crippen LogP contribution >= 0.6 is 7.82 Å². The summed E-state index contributed by atoms with van der Waals surface area (Å²) < 4.78 is 32.1. The third kappa shape index (κ3) is 47.1. The lowest BCUT2D eigenvalue weighted by Crippen LogP contribution is -2.29. The number of ether oxygens (including phenoxy) is 2. The molecule has 354 valence electrons. The van der Waals surface area contributed by atoms with Gasteiger partial charge >= 0.3 is 19.8 Å². The van der Waals surface area contributed by atoms with Gasteiger partial charge in [0.25, 0.3) is 0 Å². The number of carbonyl (C=O) groups excluding carboxylic acids is 2. The van der Waals surface area contributed by atoms with E-state index in [1.54, 1.807) is 0 Å². The molecule has 1 N–H and O–H groups in total. The number of unbranched alkanes of at least 4 members (excludes halogenated alkanes) is 25. The fourth-order valence-corrected chi connectivity index (χ4v) is 7.40. The lowest BCUT2D eigenvalue weighted by Gasteiger charge is -2.19. The number of hydrogen-bond acceptors (Lipinski definition) is 7. The monoisotopic (exact) mass is 877 g/mol. The molecule has 0 aromatic heterocycles. The van der Waals surface area contributed by atoms with Crippen molar-refractivity contribution >= 4 is 19.8 Å². The van der Waals surface area contributed by atoms with Crippen LogP contribution in [-0.4, -0.2) is 43.3 Å². The molecule has 0 saturated carbocycles. The van der Waals surface area contributed by atoms with Gasteiger partial charge in [0, 0.05) is 20.0 Å². The van der Waals surface area contributed by atoms with Gasteiger partial charge in [0.15, 0.2) is 6.10 Å². The molecule has 0 heterocycles. The van der Waals surface area contributed by atoms with Crippen molar-refractivity contribution in [3.05, 3.63) is 60.8 Å². The van der Waals surface area contributed by atoms with E-state index < -0.39 is 26.5 Å². The fraction of sp³-hybridized carbons (Fsp3) is 0.769. The molecule has 0 amide bonds. The van der Waals surface area contributed by atoms with Gasteiger partial charge in [-0.05, 0) is 77.0 Å². The fourth-order valence-electron chi connectivity index (χ4n) is 6.94. The number of hydrogen-bond donors (Lipinski definition) is 1. The largest absolute Gasteiger partial charge is 0.472 e. The smallest absolute Gasteiger partial charge is 0.462 e. The summed E-state index contributed by atoms with van der Waals surface area (Å²) in [7, 11) is -3.21. The van der Waals surface area contributed by atoms with Gasteiger partial charge in [-0.25, -0.2) is 4.57 Å². The Morgan fingerprint density at radius 2 is 0.836 bits per heavy atom. The van der Waals surface area contributed by atoms with E-state index in [4.69, 9.17) is 14.0 Å². The maximum atomic E-state index is 12.6. The molecule has 0 aromatic rings.